The van der Waals surface area contributed by atoms with Crippen LogP contribution >= 0.6 is 15.9 Å². The van der Waals surface area contributed by atoms with Gasteiger partial charge in [-0.1, -0.05) is 15.9 Å². The van der Waals surface area contributed by atoms with Crippen molar-refractivity contribution in [1.82, 2.24) is 0 Å². The molecule has 0 bridgehead atoms. The normalized spacial score (nSPS) is 9.70. The largest absolute Gasteiger partial charge is 0.502 e. The average Bonchev–Trinajstić information content (AvgIpc) is 1.95. The Morgan fingerprint density at radius 3 is 2.80 bits per heavy atom. The van der Waals surface area contributed by atoms with Crippen molar-refractivity contribution in [2.75, 3.05) is 0 Å². The highest BCUT2D eigenvalue weighted by Crippen LogP contribution is 2.05. The van der Waals surface area contributed by atoms with Crippen molar-refractivity contribution in [3.05, 3.63) is 28.3 Å². The minimum absolute atomic E-state index is 0.357. The van der Waals surface area contributed by atoms with Gasteiger partial charge in [-0.15, -0.1) is 0 Å². The lowest BCUT2D eigenvalue weighted by Gasteiger charge is -1.91. The molecule has 1 aromatic rings. The first-order valence-corrected chi connectivity index (χ1v) is 3.74. The van der Waals surface area contributed by atoms with Crippen molar-refractivity contribution in [2.24, 2.45) is 0 Å². The fourth-order valence-electron chi connectivity index (χ4n) is 0.517. The van der Waals surface area contributed by atoms with Crippen molar-refractivity contribution in [1.29, 1.82) is 0 Å². The molecule has 10 heavy (non-hydrogen) atoms. The Bertz CT molecular complexity index is 279. The molecule has 4 heteroatoms. The molecule has 0 saturated carbocycles. The Morgan fingerprint density at radius 1 is 1.60 bits per heavy atom. The van der Waals surface area contributed by atoms with Gasteiger partial charge in [0.1, 0.15) is 5.76 Å². The fourth-order valence-corrected chi connectivity index (χ4v) is 0.818. The van der Waals surface area contributed by atoms with E-state index in [0.717, 1.165) is 0 Å². The summed E-state index contributed by atoms with van der Waals surface area (Å²) in [6, 6.07) is 2.84. The number of halogens is 1. The maximum absolute atomic E-state index is 10.6. The summed E-state index contributed by atoms with van der Waals surface area (Å²) >= 11 is 3.10. The standard InChI is InChI=1S/C6H5BrO3/c7-3-4-1-2-5(8)6(9)10-4/h1-2,8H,3H2. The monoisotopic (exact) mass is 204 g/mol. The molecule has 1 rings (SSSR count). The first-order chi connectivity index (χ1) is 4.74. The third-order valence-corrected chi connectivity index (χ3v) is 1.54. The van der Waals surface area contributed by atoms with Crippen LogP contribution in [0.1, 0.15) is 5.76 Å². The van der Waals surface area contributed by atoms with E-state index in [9.17, 15) is 4.79 Å². The summed E-state index contributed by atoms with van der Waals surface area (Å²) in [5, 5.41) is 9.19. The van der Waals surface area contributed by atoms with E-state index >= 15 is 0 Å². The van der Waals surface area contributed by atoms with Gasteiger partial charge < -0.3 is 9.52 Å². The van der Waals surface area contributed by atoms with Crippen LogP contribution in [0.3, 0.4) is 0 Å². The van der Waals surface area contributed by atoms with Gasteiger partial charge >= 0.3 is 5.63 Å². The van der Waals surface area contributed by atoms with Crippen molar-refractivity contribution in [3.63, 3.8) is 0 Å². The van der Waals surface area contributed by atoms with Gasteiger partial charge in [0.15, 0.2) is 0 Å². The first-order valence-electron chi connectivity index (χ1n) is 2.62. The van der Waals surface area contributed by atoms with Gasteiger partial charge in [0.25, 0.3) is 0 Å². The van der Waals surface area contributed by atoms with Crippen LogP contribution in [0.2, 0.25) is 0 Å². The van der Waals surface area contributed by atoms with Crippen molar-refractivity contribution in [2.45, 2.75) is 5.33 Å². The molecule has 1 N–H and O–H groups in total. The molecule has 0 amide bonds. The molecular formula is C6H5BrO3. The minimum Gasteiger partial charge on any atom is -0.502 e. The Labute approximate surface area is 65.4 Å². The lowest BCUT2D eigenvalue weighted by Crippen LogP contribution is -1.98. The predicted octanol–water partition coefficient (Wildman–Crippen LogP) is 1.24. The van der Waals surface area contributed by atoms with Crippen molar-refractivity contribution < 1.29 is 9.52 Å². The number of hydrogen-bond acceptors (Lipinski definition) is 3. The van der Waals surface area contributed by atoms with Crippen LogP contribution in [0.5, 0.6) is 5.75 Å². The Balaban J connectivity index is 3.17. The zero-order valence-corrected chi connectivity index (χ0v) is 6.59. The molecule has 1 heterocycles. The Morgan fingerprint density at radius 2 is 2.30 bits per heavy atom. The maximum Gasteiger partial charge on any atom is 0.378 e. The van der Waals surface area contributed by atoms with Crippen LogP contribution in [0.25, 0.3) is 0 Å². The molecular weight excluding hydrogens is 200 g/mol. The van der Waals surface area contributed by atoms with E-state index in [-0.39, 0.29) is 5.75 Å². The molecule has 0 aliphatic heterocycles. The van der Waals surface area contributed by atoms with Crippen LogP contribution in [0.15, 0.2) is 21.3 Å². The fraction of sp³-hybridized carbons (Fsp3) is 0.167. The molecule has 0 aromatic carbocycles. The van der Waals surface area contributed by atoms with Crippen LogP contribution in [0, 0.1) is 0 Å². The Hall–Kier alpha value is -0.770. The van der Waals surface area contributed by atoms with E-state index in [1.165, 1.54) is 12.1 Å². The molecule has 0 atom stereocenters. The highest BCUT2D eigenvalue weighted by molar-refractivity contribution is 9.08. The van der Waals surface area contributed by atoms with Gasteiger partial charge in [0.2, 0.25) is 5.75 Å². The van der Waals surface area contributed by atoms with Gasteiger partial charge in [0.05, 0.1) is 5.33 Å². The van der Waals surface area contributed by atoms with Gasteiger partial charge in [-0.3, -0.25) is 0 Å². The van der Waals surface area contributed by atoms with Crippen LogP contribution < -0.4 is 5.63 Å². The second-order valence-corrected chi connectivity index (χ2v) is 2.27. The van der Waals surface area contributed by atoms with Crippen molar-refractivity contribution >= 4 is 15.9 Å². The van der Waals surface area contributed by atoms with E-state index in [0.29, 0.717) is 11.1 Å². The highest BCUT2D eigenvalue weighted by atomic mass is 79.9. The second kappa shape index (κ2) is 2.88. The summed E-state index contributed by atoms with van der Waals surface area (Å²) in [6.45, 7) is 0. The quantitative estimate of drug-likeness (QED) is 0.701. The number of aromatic hydroxyl groups is 1. The molecule has 0 aliphatic carbocycles. The second-order valence-electron chi connectivity index (χ2n) is 1.71. The topological polar surface area (TPSA) is 50.4 Å². The first kappa shape index (κ1) is 7.34. The summed E-state index contributed by atoms with van der Waals surface area (Å²) in [5.41, 5.74) is -0.697. The van der Waals surface area contributed by atoms with E-state index in [4.69, 9.17) is 5.11 Å². The van der Waals surface area contributed by atoms with E-state index in [2.05, 4.69) is 20.3 Å². The van der Waals surface area contributed by atoms with Crippen molar-refractivity contribution in [3.8, 4) is 5.75 Å². The third-order valence-electron chi connectivity index (χ3n) is 0.992. The van der Waals surface area contributed by atoms with Crippen LogP contribution in [0.4, 0.5) is 0 Å². The summed E-state index contributed by atoms with van der Waals surface area (Å²) in [7, 11) is 0. The average molecular weight is 205 g/mol. The number of alkyl halides is 1. The van der Waals surface area contributed by atoms with Gasteiger partial charge in [-0.05, 0) is 12.1 Å². The number of rotatable bonds is 1. The zero-order valence-electron chi connectivity index (χ0n) is 5.00. The SMILES string of the molecule is O=c1oc(CBr)ccc1O. The summed E-state index contributed by atoms with van der Waals surface area (Å²) in [4.78, 5) is 10.6. The van der Waals surface area contributed by atoms with E-state index in [1.54, 1.807) is 0 Å². The van der Waals surface area contributed by atoms with E-state index < -0.39 is 5.63 Å². The summed E-state index contributed by atoms with van der Waals surface area (Å²) in [5.74, 6) is 0.146. The molecule has 0 saturated heterocycles. The maximum atomic E-state index is 10.6. The molecule has 0 radical (unpaired) electrons. The lowest BCUT2D eigenvalue weighted by atomic mass is 10.4. The van der Waals surface area contributed by atoms with Gasteiger partial charge in [0, 0.05) is 0 Å². The zero-order chi connectivity index (χ0) is 7.56. The summed E-state index contributed by atoms with van der Waals surface area (Å²) in [6.07, 6.45) is 0. The predicted molar refractivity (Wildman–Crippen MR) is 39.3 cm³/mol. The summed E-state index contributed by atoms with van der Waals surface area (Å²) < 4.78 is 4.60. The van der Waals surface area contributed by atoms with Gasteiger partial charge in [-0.2, -0.15) is 0 Å². The van der Waals surface area contributed by atoms with E-state index in [1.807, 2.05) is 0 Å². The molecule has 3 nitrogen and oxygen atoms in total. The Kier molecular flexibility index (Phi) is 2.11. The molecule has 54 valence electrons. The molecule has 1 aromatic heterocycles. The smallest absolute Gasteiger partial charge is 0.378 e. The van der Waals surface area contributed by atoms with Crippen LogP contribution in [-0.2, 0) is 5.33 Å². The lowest BCUT2D eigenvalue weighted by molar-refractivity contribution is 0.399. The number of hydrogen-bond donors (Lipinski definition) is 1. The highest BCUT2D eigenvalue weighted by Gasteiger charge is 1.98. The third kappa shape index (κ3) is 1.39. The molecule has 0 spiro atoms. The molecule has 0 unspecified atom stereocenters. The van der Waals surface area contributed by atoms with Crippen LogP contribution in [-0.4, -0.2) is 5.11 Å². The molecule has 0 fully saturated rings. The van der Waals surface area contributed by atoms with Gasteiger partial charge in [-0.25, -0.2) is 4.79 Å². The minimum atomic E-state index is -0.697. The molecule has 0 aliphatic rings.